The van der Waals surface area contributed by atoms with Gasteiger partial charge in [-0.3, -0.25) is 5.43 Å². The number of halogens is 1. The molecule has 132 valence electrons. The molecule has 0 unspecified atom stereocenters. The van der Waals surface area contributed by atoms with Crippen LogP contribution in [0.4, 0.5) is 5.82 Å². The number of hydrogen-bond donors (Lipinski definition) is 2. The summed E-state index contributed by atoms with van der Waals surface area (Å²) in [5.41, 5.74) is 5.64. The van der Waals surface area contributed by atoms with Crippen molar-refractivity contribution in [2.75, 3.05) is 12.0 Å². The third-order valence-electron chi connectivity index (χ3n) is 3.61. The molecule has 7 heteroatoms. The summed E-state index contributed by atoms with van der Waals surface area (Å²) in [6, 6.07) is 14.4. The van der Waals surface area contributed by atoms with Gasteiger partial charge in [0.1, 0.15) is 11.6 Å². The standard InChI is InChI=1S/C19H16ClN3O3/c1-12-8-18(22-17-7-4-14(20)9-16(12)17)23-21-10-13-2-5-15(6-3-13)26-11-19(24)25/h2-10H,11H2,1H3,(H,22,23)(H,24,25). The fraction of sp³-hybridized carbons (Fsp3) is 0.105. The number of hydrogen-bond acceptors (Lipinski definition) is 5. The van der Waals surface area contributed by atoms with Crippen molar-refractivity contribution in [2.24, 2.45) is 5.10 Å². The first-order chi connectivity index (χ1) is 12.5. The number of carboxylic acid groups (broad SMARTS) is 1. The van der Waals surface area contributed by atoms with Gasteiger partial charge in [-0.1, -0.05) is 11.6 Å². The highest BCUT2D eigenvalue weighted by atomic mass is 35.5. The van der Waals surface area contributed by atoms with Crippen molar-refractivity contribution in [1.29, 1.82) is 0 Å². The second-order valence-corrected chi connectivity index (χ2v) is 6.04. The number of carboxylic acids is 1. The molecular weight excluding hydrogens is 354 g/mol. The Kier molecular flexibility index (Phi) is 5.34. The zero-order valence-electron chi connectivity index (χ0n) is 13.9. The second kappa shape index (κ2) is 7.84. The molecule has 0 aliphatic rings. The lowest BCUT2D eigenvalue weighted by Gasteiger charge is -2.06. The third kappa shape index (κ3) is 4.49. The Bertz CT molecular complexity index is 972. The Labute approximate surface area is 155 Å². The van der Waals surface area contributed by atoms with Crippen LogP contribution in [0.1, 0.15) is 11.1 Å². The summed E-state index contributed by atoms with van der Waals surface area (Å²) in [5, 5.41) is 14.5. The van der Waals surface area contributed by atoms with Gasteiger partial charge in [0.15, 0.2) is 6.61 Å². The van der Waals surface area contributed by atoms with Crippen LogP contribution in [-0.4, -0.2) is 28.9 Å². The first kappa shape index (κ1) is 17.7. The Hall–Kier alpha value is -3.12. The third-order valence-corrected chi connectivity index (χ3v) is 3.85. The van der Waals surface area contributed by atoms with E-state index < -0.39 is 5.97 Å². The number of ether oxygens (including phenoxy) is 1. The monoisotopic (exact) mass is 369 g/mol. The zero-order chi connectivity index (χ0) is 18.5. The minimum Gasteiger partial charge on any atom is -0.482 e. The molecule has 0 atom stereocenters. The highest BCUT2D eigenvalue weighted by molar-refractivity contribution is 6.31. The van der Waals surface area contributed by atoms with Crippen LogP contribution in [0.25, 0.3) is 10.9 Å². The maximum absolute atomic E-state index is 10.5. The number of anilines is 1. The molecule has 26 heavy (non-hydrogen) atoms. The Morgan fingerprint density at radius 2 is 2.04 bits per heavy atom. The normalized spacial score (nSPS) is 11.0. The van der Waals surface area contributed by atoms with Crippen molar-refractivity contribution >= 4 is 40.5 Å². The molecule has 3 rings (SSSR count). The van der Waals surface area contributed by atoms with Crippen molar-refractivity contribution in [2.45, 2.75) is 6.92 Å². The summed E-state index contributed by atoms with van der Waals surface area (Å²) in [6.07, 6.45) is 1.64. The lowest BCUT2D eigenvalue weighted by Crippen LogP contribution is -2.09. The number of nitrogens with zero attached hydrogens (tertiary/aromatic N) is 2. The van der Waals surface area contributed by atoms with Crippen LogP contribution < -0.4 is 10.2 Å². The Morgan fingerprint density at radius 3 is 2.77 bits per heavy atom. The van der Waals surface area contributed by atoms with Crippen molar-refractivity contribution in [3.05, 3.63) is 64.7 Å². The van der Waals surface area contributed by atoms with E-state index in [-0.39, 0.29) is 6.61 Å². The zero-order valence-corrected chi connectivity index (χ0v) is 14.7. The molecule has 0 spiro atoms. The average molecular weight is 370 g/mol. The summed E-state index contributed by atoms with van der Waals surface area (Å²) in [4.78, 5) is 15.0. The molecule has 0 saturated heterocycles. The summed E-state index contributed by atoms with van der Waals surface area (Å²) >= 11 is 6.02. The second-order valence-electron chi connectivity index (χ2n) is 5.61. The first-order valence-electron chi connectivity index (χ1n) is 7.82. The van der Waals surface area contributed by atoms with Crippen LogP contribution in [0.3, 0.4) is 0 Å². The van der Waals surface area contributed by atoms with Crippen molar-refractivity contribution in [3.8, 4) is 5.75 Å². The lowest BCUT2D eigenvalue weighted by atomic mass is 10.1. The molecule has 0 saturated carbocycles. The van der Waals surface area contributed by atoms with Crippen LogP contribution >= 0.6 is 11.6 Å². The van der Waals surface area contributed by atoms with Gasteiger partial charge in [-0.15, -0.1) is 0 Å². The highest BCUT2D eigenvalue weighted by Crippen LogP contribution is 2.23. The molecule has 0 aliphatic carbocycles. The molecule has 0 radical (unpaired) electrons. The van der Waals surface area contributed by atoms with E-state index in [4.69, 9.17) is 21.4 Å². The van der Waals surface area contributed by atoms with Crippen LogP contribution in [-0.2, 0) is 4.79 Å². The van der Waals surface area contributed by atoms with Gasteiger partial charge in [-0.05, 0) is 66.6 Å². The molecule has 2 N–H and O–H groups in total. The van der Waals surface area contributed by atoms with E-state index in [1.54, 1.807) is 36.5 Å². The van der Waals surface area contributed by atoms with E-state index in [1.807, 2.05) is 25.1 Å². The van der Waals surface area contributed by atoms with Crippen LogP contribution in [0.2, 0.25) is 5.02 Å². The van der Waals surface area contributed by atoms with Crippen molar-refractivity contribution < 1.29 is 14.6 Å². The number of benzene rings is 2. The number of aliphatic carboxylic acids is 1. The summed E-state index contributed by atoms with van der Waals surface area (Å²) in [6.45, 7) is 1.62. The van der Waals surface area contributed by atoms with Gasteiger partial charge in [0, 0.05) is 10.4 Å². The molecule has 0 aliphatic heterocycles. The molecule has 6 nitrogen and oxygen atoms in total. The number of rotatable bonds is 6. The minimum absolute atomic E-state index is 0.368. The van der Waals surface area contributed by atoms with E-state index in [0.29, 0.717) is 16.6 Å². The van der Waals surface area contributed by atoms with Crippen molar-refractivity contribution in [1.82, 2.24) is 4.98 Å². The molecular formula is C19H16ClN3O3. The summed E-state index contributed by atoms with van der Waals surface area (Å²) in [7, 11) is 0. The van der Waals surface area contributed by atoms with E-state index in [1.165, 1.54) is 0 Å². The largest absolute Gasteiger partial charge is 0.482 e. The van der Waals surface area contributed by atoms with Crippen molar-refractivity contribution in [3.63, 3.8) is 0 Å². The highest BCUT2D eigenvalue weighted by Gasteiger charge is 2.03. The first-order valence-corrected chi connectivity index (χ1v) is 8.20. The van der Waals surface area contributed by atoms with Crippen LogP contribution in [0.5, 0.6) is 5.75 Å². The van der Waals surface area contributed by atoms with Gasteiger partial charge in [-0.25, -0.2) is 9.78 Å². The Morgan fingerprint density at radius 1 is 1.27 bits per heavy atom. The maximum atomic E-state index is 10.5. The molecule has 0 fully saturated rings. The predicted octanol–water partition coefficient (Wildman–Crippen LogP) is 4.11. The summed E-state index contributed by atoms with van der Waals surface area (Å²) in [5.74, 6) is 0.110. The minimum atomic E-state index is -1.01. The molecule has 1 heterocycles. The van der Waals surface area contributed by atoms with Crippen LogP contribution in [0, 0.1) is 6.92 Å². The topological polar surface area (TPSA) is 83.8 Å². The molecule has 3 aromatic rings. The lowest BCUT2D eigenvalue weighted by molar-refractivity contribution is -0.139. The number of carbonyl (C=O) groups is 1. The number of fused-ring (bicyclic) bond motifs is 1. The number of nitrogens with one attached hydrogen (secondary N) is 1. The number of aryl methyl sites for hydroxylation is 1. The van der Waals surface area contributed by atoms with Gasteiger partial charge in [0.05, 0.1) is 11.7 Å². The number of hydrazone groups is 1. The predicted molar refractivity (Wildman–Crippen MR) is 102 cm³/mol. The van der Waals surface area contributed by atoms with E-state index in [9.17, 15) is 4.79 Å². The number of pyridine rings is 1. The molecule has 0 bridgehead atoms. The number of aromatic nitrogens is 1. The molecule has 2 aromatic carbocycles. The maximum Gasteiger partial charge on any atom is 0.341 e. The SMILES string of the molecule is Cc1cc(NN=Cc2ccc(OCC(=O)O)cc2)nc2ccc(Cl)cc12. The van der Waals surface area contributed by atoms with Gasteiger partial charge in [0.2, 0.25) is 0 Å². The van der Waals surface area contributed by atoms with E-state index in [2.05, 4.69) is 15.5 Å². The van der Waals surface area contributed by atoms with E-state index in [0.717, 1.165) is 22.0 Å². The van der Waals surface area contributed by atoms with Gasteiger partial charge < -0.3 is 9.84 Å². The average Bonchev–Trinajstić information content (AvgIpc) is 2.62. The molecule has 1 aromatic heterocycles. The van der Waals surface area contributed by atoms with Gasteiger partial charge in [-0.2, -0.15) is 5.10 Å². The van der Waals surface area contributed by atoms with Gasteiger partial charge in [0.25, 0.3) is 0 Å². The summed E-state index contributed by atoms with van der Waals surface area (Å²) < 4.78 is 5.08. The fourth-order valence-electron chi connectivity index (χ4n) is 2.39. The smallest absolute Gasteiger partial charge is 0.341 e. The van der Waals surface area contributed by atoms with Crippen LogP contribution in [0.15, 0.2) is 53.6 Å². The van der Waals surface area contributed by atoms with E-state index >= 15 is 0 Å². The fourth-order valence-corrected chi connectivity index (χ4v) is 2.56. The van der Waals surface area contributed by atoms with Gasteiger partial charge >= 0.3 is 5.97 Å². The Balaban J connectivity index is 1.67. The molecule has 0 amide bonds. The quantitative estimate of drug-likeness (QED) is 0.504.